The van der Waals surface area contributed by atoms with Gasteiger partial charge in [0, 0.05) is 0 Å². The zero-order chi connectivity index (χ0) is 18.7. The van der Waals surface area contributed by atoms with Crippen LogP contribution in [0, 0.1) is 0 Å². The molecule has 0 aliphatic heterocycles. The molecule has 6 nitrogen and oxygen atoms in total. The van der Waals surface area contributed by atoms with E-state index < -0.39 is 0 Å². The fourth-order valence-corrected chi connectivity index (χ4v) is 4.31. The summed E-state index contributed by atoms with van der Waals surface area (Å²) in [7, 11) is 7.38. The first-order chi connectivity index (χ1) is 12.5. The lowest BCUT2D eigenvalue weighted by Crippen LogP contribution is -3.06. The molecule has 2 heterocycles. The Morgan fingerprint density at radius 2 is 1.92 bits per heavy atom. The summed E-state index contributed by atoms with van der Waals surface area (Å²) in [5.74, 6) is 1.37. The number of amides is 1. The number of methoxy groups -OCH3 is 2. The van der Waals surface area contributed by atoms with Gasteiger partial charge in [0.2, 0.25) is 0 Å². The van der Waals surface area contributed by atoms with Gasteiger partial charge in [-0.25, -0.2) is 4.98 Å². The lowest BCUT2D eigenvalue weighted by molar-refractivity contribution is -0.856. The van der Waals surface area contributed by atoms with E-state index in [1.807, 2.05) is 29.6 Å². The standard InChI is InChI=1S/C18H21N3O3S2/c1-20(2)9-10-21(17(22)14-6-5-11-25-14)18-19-15-12(23-3)7-8-13(24-4)16(15)26-18/h5-8,11H,9-10H2,1-4H3/p+1. The number of ether oxygens (including phenoxy) is 2. The van der Waals surface area contributed by atoms with Gasteiger partial charge in [-0.2, -0.15) is 0 Å². The topological polar surface area (TPSA) is 56.1 Å². The average molecular weight is 393 g/mol. The molecule has 0 unspecified atom stereocenters. The highest BCUT2D eigenvalue weighted by Crippen LogP contribution is 2.40. The molecule has 1 aromatic carbocycles. The molecular weight excluding hydrogens is 370 g/mol. The van der Waals surface area contributed by atoms with Gasteiger partial charge in [0.1, 0.15) is 21.7 Å². The second-order valence-electron chi connectivity index (χ2n) is 6.04. The first-order valence-electron chi connectivity index (χ1n) is 8.21. The number of thiophene rings is 1. The summed E-state index contributed by atoms with van der Waals surface area (Å²) in [5, 5.41) is 2.56. The molecule has 0 aliphatic carbocycles. The van der Waals surface area contributed by atoms with E-state index in [-0.39, 0.29) is 5.91 Å². The Kier molecular flexibility index (Phi) is 5.75. The maximum Gasteiger partial charge on any atom is 0.270 e. The van der Waals surface area contributed by atoms with Crippen molar-refractivity contribution in [3.63, 3.8) is 0 Å². The third kappa shape index (κ3) is 3.67. The third-order valence-electron chi connectivity index (χ3n) is 3.94. The van der Waals surface area contributed by atoms with Crippen molar-refractivity contribution in [3.8, 4) is 11.5 Å². The quantitative estimate of drug-likeness (QED) is 0.670. The zero-order valence-electron chi connectivity index (χ0n) is 15.2. The number of benzene rings is 1. The van der Waals surface area contributed by atoms with Crippen LogP contribution in [-0.4, -0.2) is 52.3 Å². The second-order valence-corrected chi connectivity index (χ2v) is 7.96. The fourth-order valence-electron chi connectivity index (χ4n) is 2.54. The molecular formula is C18H22N3O3S2+. The molecule has 0 saturated heterocycles. The number of nitrogens with zero attached hydrogens (tertiary/aromatic N) is 2. The molecule has 0 aliphatic rings. The van der Waals surface area contributed by atoms with E-state index in [0.717, 1.165) is 17.0 Å². The Morgan fingerprint density at radius 3 is 2.54 bits per heavy atom. The van der Waals surface area contributed by atoms with E-state index in [4.69, 9.17) is 14.5 Å². The number of carbonyl (C=O) groups is 1. The van der Waals surface area contributed by atoms with Crippen LogP contribution in [0.5, 0.6) is 11.5 Å². The lowest BCUT2D eigenvalue weighted by atomic mass is 10.3. The summed E-state index contributed by atoms with van der Waals surface area (Å²) in [5.41, 5.74) is 0.716. The normalized spacial score (nSPS) is 11.1. The van der Waals surface area contributed by atoms with Gasteiger partial charge in [-0.05, 0) is 23.6 Å². The van der Waals surface area contributed by atoms with Gasteiger partial charge in [-0.15, -0.1) is 11.3 Å². The number of nitrogens with one attached hydrogen (secondary N) is 1. The average Bonchev–Trinajstić information content (AvgIpc) is 3.30. The summed E-state index contributed by atoms with van der Waals surface area (Å²) < 4.78 is 11.8. The predicted octanol–water partition coefficient (Wildman–Crippen LogP) is 2.17. The minimum Gasteiger partial charge on any atom is -0.495 e. The summed E-state index contributed by atoms with van der Waals surface area (Å²) in [6.07, 6.45) is 0. The van der Waals surface area contributed by atoms with Crippen molar-refractivity contribution in [1.29, 1.82) is 0 Å². The van der Waals surface area contributed by atoms with Crippen molar-refractivity contribution in [2.75, 3.05) is 46.3 Å². The minimum absolute atomic E-state index is 0.0294. The number of aromatic nitrogens is 1. The lowest BCUT2D eigenvalue weighted by Gasteiger charge is -2.19. The number of carbonyl (C=O) groups excluding carboxylic acids is 1. The molecule has 0 spiro atoms. The summed E-state index contributed by atoms with van der Waals surface area (Å²) >= 11 is 2.89. The van der Waals surface area contributed by atoms with Crippen LogP contribution < -0.4 is 19.3 Å². The van der Waals surface area contributed by atoms with Gasteiger partial charge in [0.05, 0.1) is 46.3 Å². The van der Waals surface area contributed by atoms with Crippen LogP contribution in [0.1, 0.15) is 9.67 Å². The first kappa shape index (κ1) is 18.6. The molecule has 8 heteroatoms. The predicted molar refractivity (Wildman–Crippen MR) is 106 cm³/mol. The number of quaternary nitrogens is 1. The molecule has 0 atom stereocenters. The van der Waals surface area contributed by atoms with Crippen molar-refractivity contribution in [2.24, 2.45) is 0 Å². The molecule has 1 amide bonds. The van der Waals surface area contributed by atoms with Crippen molar-refractivity contribution in [1.82, 2.24) is 4.98 Å². The van der Waals surface area contributed by atoms with Gasteiger partial charge >= 0.3 is 0 Å². The smallest absolute Gasteiger partial charge is 0.270 e. The van der Waals surface area contributed by atoms with Gasteiger partial charge in [0.25, 0.3) is 5.91 Å². The number of hydrogen-bond acceptors (Lipinski definition) is 6. The molecule has 0 fully saturated rings. The van der Waals surface area contributed by atoms with Crippen LogP contribution in [0.2, 0.25) is 0 Å². The highest BCUT2D eigenvalue weighted by atomic mass is 32.1. The Balaban J connectivity index is 2.06. The van der Waals surface area contributed by atoms with Gasteiger partial charge in [-0.1, -0.05) is 17.4 Å². The van der Waals surface area contributed by atoms with Crippen LogP contribution in [-0.2, 0) is 0 Å². The van der Waals surface area contributed by atoms with Crippen molar-refractivity contribution >= 4 is 43.9 Å². The number of anilines is 1. The fraction of sp³-hybridized carbons (Fsp3) is 0.333. The highest BCUT2D eigenvalue weighted by Gasteiger charge is 2.24. The van der Waals surface area contributed by atoms with Crippen LogP contribution in [0.15, 0.2) is 29.6 Å². The number of hydrogen-bond donors (Lipinski definition) is 1. The molecule has 0 radical (unpaired) electrons. The van der Waals surface area contributed by atoms with E-state index in [9.17, 15) is 4.79 Å². The van der Waals surface area contributed by atoms with Crippen LogP contribution in [0.3, 0.4) is 0 Å². The molecule has 0 saturated carbocycles. The third-order valence-corrected chi connectivity index (χ3v) is 5.89. The number of fused-ring (bicyclic) bond motifs is 1. The maximum atomic E-state index is 13.0. The molecule has 138 valence electrons. The van der Waals surface area contributed by atoms with Crippen molar-refractivity contribution in [3.05, 3.63) is 34.5 Å². The SMILES string of the molecule is COc1ccc(OC)c2sc(N(CC[NH+](C)C)C(=O)c3cccs3)nc12. The van der Waals surface area contributed by atoms with Gasteiger partial charge < -0.3 is 14.4 Å². The van der Waals surface area contributed by atoms with Crippen LogP contribution in [0.25, 0.3) is 10.2 Å². The monoisotopic (exact) mass is 392 g/mol. The second kappa shape index (κ2) is 8.03. The number of likely N-dealkylation sites (N-methyl/N-ethyl adjacent to an activating group) is 1. The molecule has 2 aromatic heterocycles. The van der Waals surface area contributed by atoms with Crippen molar-refractivity contribution in [2.45, 2.75) is 0 Å². The maximum absolute atomic E-state index is 13.0. The largest absolute Gasteiger partial charge is 0.495 e. The molecule has 3 rings (SSSR count). The number of rotatable bonds is 7. The van der Waals surface area contributed by atoms with Crippen molar-refractivity contribution < 1.29 is 19.2 Å². The van der Waals surface area contributed by atoms with Crippen LogP contribution in [0.4, 0.5) is 5.13 Å². The number of thiazole rings is 1. The minimum atomic E-state index is -0.0294. The van der Waals surface area contributed by atoms with Gasteiger partial charge in [0.15, 0.2) is 5.13 Å². The highest BCUT2D eigenvalue weighted by molar-refractivity contribution is 7.23. The van der Waals surface area contributed by atoms with E-state index in [1.54, 1.807) is 19.1 Å². The molecule has 0 bridgehead atoms. The zero-order valence-corrected chi connectivity index (χ0v) is 16.9. The van der Waals surface area contributed by atoms with E-state index in [1.165, 1.54) is 27.6 Å². The Labute approximate surface area is 160 Å². The molecule has 3 aromatic rings. The van der Waals surface area contributed by atoms with E-state index in [0.29, 0.717) is 27.8 Å². The van der Waals surface area contributed by atoms with E-state index >= 15 is 0 Å². The molecule has 26 heavy (non-hydrogen) atoms. The van der Waals surface area contributed by atoms with Crippen LogP contribution >= 0.6 is 22.7 Å². The first-order valence-corrected chi connectivity index (χ1v) is 9.90. The van der Waals surface area contributed by atoms with E-state index in [2.05, 4.69) is 14.1 Å². The summed E-state index contributed by atoms with van der Waals surface area (Å²) in [6, 6.07) is 7.42. The van der Waals surface area contributed by atoms with Gasteiger partial charge in [-0.3, -0.25) is 9.69 Å². The summed E-state index contributed by atoms with van der Waals surface area (Å²) in [4.78, 5) is 21.5. The Hall–Kier alpha value is -2.16. The summed E-state index contributed by atoms with van der Waals surface area (Å²) in [6.45, 7) is 1.41. The molecule has 1 N–H and O–H groups in total. The Morgan fingerprint density at radius 1 is 1.19 bits per heavy atom. The Bertz CT molecular complexity index is 850.